The first-order valence-corrected chi connectivity index (χ1v) is 12.0. The molecule has 0 spiro atoms. The average Bonchev–Trinajstić information content (AvgIpc) is 2.70. The first-order chi connectivity index (χ1) is 14.9. The maximum absolute atomic E-state index is 13.2. The predicted octanol–water partition coefficient (Wildman–Crippen LogP) is 5.47. The molecule has 1 aromatic heterocycles. The van der Waals surface area contributed by atoms with E-state index in [9.17, 15) is 21.6 Å². The van der Waals surface area contributed by atoms with Gasteiger partial charge in [-0.05, 0) is 63.8 Å². The topological polar surface area (TPSA) is 85.4 Å². The van der Waals surface area contributed by atoms with Gasteiger partial charge in [-0.3, -0.25) is 0 Å². The molecule has 5 nitrogen and oxygen atoms in total. The number of halogens is 4. The van der Waals surface area contributed by atoms with Crippen LogP contribution in [0.3, 0.4) is 0 Å². The number of rotatable bonds is 5. The maximum atomic E-state index is 13.2. The number of amidine groups is 1. The van der Waals surface area contributed by atoms with Gasteiger partial charge in [0.2, 0.25) is 0 Å². The van der Waals surface area contributed by atoms with E-state index in [1.54, 1.807) is 25.1 Å². The van der Waals surface area contributed by atoms with Gasteiger partial charge in [0.1, 0.15) is 5.84 Å². The fraction of sp³-hybridized carbons (Fsp3) is 0.182. The molecule has 168 valence electrons. The van der Waals surface area contributed by atoms with Crippen LogP contribution in [-0.4, -0.2) is 25.5 Å². The average molecular weight is 526 g/mol. The summed E-state index contributed by atoms with van der Waals surface area (Å²) in [5, 5.41) is 0. The van der Waals surface area contributed by atoms with E-state index in [2.05, 4.69) is 25.9 Å². The molecule has 0 radical (unpaired) electrons. The van der Waals surface area contributed by atoms with Gasteiger partial charge >= 0.3 is 6.18 Å². The molecule has 0 bridgehead atoms. The molecule has 1 heterocycles. The fourth-order valence-corrected chi connectivity index (χ4v) is 4.02. The van der Waals surface area contributed by atoms with Crippen molar-refractivity contribution in [3.05, 3.63) is 75.9 Å². The predicted molar refractivity (Wildman–Crippen MR) is 122 cm³/mol. The number of benzene rings is 2. The molecule has 0 aliphatic heterocycles. The Morgan fingerprint density at radius 3 is 2.41 bits per heavy atom. The highest BCUT2D eigenvalue weighted by atomic mass is 79.9. The summed E-state index contributed by atoms with van der Waals surface area (Å²) in [6.07, 6.45) is -1.64. The molecule has 0 unspecified atom stereocenters. The van der Waals surface area contributed by atoms with Gasteiger partial charge in [-0.25, -0.2) is 18.4 Å². The Balaban J connectivity index is 2.00. The van der Waals surface area contributed by atoms with Gasteiger partial charge in [0.15, 0.2) is 15.7 Å². The second-order valence-electron chi connectivity index (χ2n) is 7.20. The smallest absolute Gasteiger partial charge is 0.387 e. The van der Waals surface area contributed by atoms with Crippen LogP contribution in [0.2, 0.25) is 0 Å². The normalized spacial score (nSPS) is 12.8. The van der Waals surface area contributed by atoms with Gasteiger partial charge in [-0.2, -0.15) is 13.2 Å². The minimum atomic E-state index is -4.48. The van der Waals surface area contributed by atoms with Crippen molar-refractivity contribution in [2.45, 2.75) is 24.4 Å². The third kappa shape index (κ3) is 5.55. The van der Waals surface area contributed by atoms with Crippen LogP contribution >= 0.6 is 15.9 Å². The summed E-state index contributed by atoms with van der Waals surface area (Å²) in [5.74, 6) is 0.370. The lowest BCUT2D eigenvalue weighted by Crippen LogP contribution is -2.15. The minimum Gasteiger partial charge on any atom is -0.387 e. The Hall–Kier alpha value is -2.72. The third-order valence-electron chi connectivity index (χ3n) is 4.72. The highest BCUT2D eigenvalue weighted by molar-refractivity contribution is 9.10. The van der Waals surface area contributed by atoms with Gasteiger partial charge in [0, 0.05) is 28.9 Å². The van der Waals surface area contributed by atoms with Crippen molar-refractivity contribution in [3.8, 4) is 11.1 Å². The Morgan fingerprint density at radius 2 is 1.81 bits per heavy atom. The summed E-state index contributed by atoms with van der Waals surface area (Å²) in [7, 11) is -3.31. The molecule has 0 atom stereocenters. The number of hydrogen-bond acceptors (Lipinski definition) is 4. The molecular weight excluding hydrogens is 507 g/mol. The monoisotopic (exact) mass is 525 g/mol. The molecule has 0 fully saturated rings. The summed E-state index contributed by atoms with van der Waals surface area (Å²) >= 11 is 3.36. The van der Waals surface area contributed by atoms with Crippen LogP contribution in [0.5, 0.6) is 0 Å². The van der Waals surface area contributed by atoms with Crippen LogP contribution < -0.4 is 5.73 Å². The van der Waals surface area contributed by atoms with E-state index in [0.717, 1.165) is 24.0 Å². The zero-order chi connectivity index (χ0) is 23.7. The summed E-state index contributed by atoms with van der Waals surface area (Å²) in [5.41, 5.74) is 7.47. The van der Waals surface area contributed by atoms with Crippen LogP contribution in [-0.2, 0) is 22.4 Å². The van der Waals surface area contributed by atoms with E-state index < -0.39 is 21.6 Å². The molecule has 3 rings (SSSR count). The zero-order valence-electron chi connectivity index (χ0n) is 17.1. The molecule has 10 heteroatoms. The summed E-state index contributed by atoms with van der Waals surface area (Å²) < 4.78 is 63.4. The number of sulfone groups is 1. The number of nitrogens with two attached hydrogens (primary N) is 1. The van der Waals surface area contributed by atoms with Crippen LogP contribution in [0, 0.1) is 6.92 Å². The van der Waals surface area contributed by atoms with E-state index in [0.29, 0.717) is 21.2 Å². The molecule has 0 aliphatic carbocycles. The van der Waals surface area contributed by atoms with Crippen molar-refractivity contribution >= 4 is 37.4 Å². The second kappa shape index (κ2) is 9.03. The largest absolute Gasteiger partial charge is 0.416 e. The Kier molecular flexibility index (Phi) is 6.75. The summed E-state index contributed by atoms with van der Waals surface area (Å²) in [4.78, 5) is 8.81. The lowest BCUT2D eigenvalue weighted by molar-refractivity contribution is -0.137. The third-order valence-corrected chi connectivity index (χ3v) is 6.65. The minimum absolute atomic E-state index is 0.180. The van der Waals surface area contributed by atoms with Gasteiger partial charge in [-0.1, -0.05) is 24.3 Å². The van der Waals surface area contributed by atoms with Gasteiger partial charge in [0.05, 0.1) is 10.5 Å². The number of aliphatic imine (C=N–C) groups is 1. The van der Waals surface area contributed by atoms with Crippen molar-refractivity contribution < 1.29 is 21.6 Å². The molecule has 2 N–H and O–H groups in total. The molecule has 0 amide bonds. The number of pyridine rings is 1. The Labute approximate surface area is 192 Å². The summed E-state index contributed by atoms with van der Waals surface area (Å²) in [6, 6.07) is 11.2. The molecule has 3 aromatic rings. The number of hydrogen-bond donors (Lipinski definition) is 1. The Bertz CT molecular complexity index is 1290. The van der Waals surface area contributed by atoms with Gasteiger partial charge in [-0.15, -0.1) is 0 Å². The van der Waals surface area contributed by atoms with Crippen molar-refractivity contribution in [3.63, 3.8) is 0 Å². The lowest BCUT2D eigenvalue weighted by Gasteiger charge is -2.14. The highest BCUT2D eigenvalue weighted by Gasteiger charge is 2.30. The Morgan fingerprint density at radius 1 is 1.16 bits per heavy atom. The molecule has 0 aliphatic rings. The van der Waals surface area contributed by atoms with Crippen LogP contribution in [0.15, 0.2) is 69.1 Å². The van der Waals surface area contributed by atoms with Crippen LogP contribution in [0.25, 0.3) is 11.1 Å². The van der Waals surface area contributed by atoms with Crippen LogP contribution in [0.4, 0.5) is 19.0 Å². The van der Waals surface area contributed by atoms with E-state index in [1.807, 2.05) is 0 Å². The SMILES string of the molecule is Cc1c(Br)cnc(N=C(N)Cc2ccc(S(C)(=O)=O)cc2)c1-c1cccc(C(F)(F)F)c1. The highest BCUT2D eigenvalue weighted by Crippen LogP contribution is 2.38. The van der Waals surface area contributed by atoms with Gasteiger partial charge < -0.3 is 5.73 Å². The van der Waals surface area contributed by atoms with Crippen LogP contribution in [0.1, 0.15) is 16.7 Å². The quantitative estimate of drug-likeness (QED) is 0.353. The van der Waals surface area contributed by atoms with Crippen molar-refractivity contribution in [2.24, 2.45) is 10.7 Å². The van der Waals surface area contributed by atoms with Crippen molar-refractivity contribution in [2.75, 3.05) is 6.26 Å². The van der Waals surface area contributed by atoms with Gasteiger partial charge in [0.25, 0.3) is 0 Å². The molecule has 2 aromatic carbocycles. The first kappa shape index (κ1) is 23.9. The first-order valence-electron chi connectivity index (χ1n) is 9.31. The standard InChI is InChI=1S/C22H19BrF3N3O2S/c1-13-18(23)12-28-21(20(13)15-4-3-5-16(11-15)22(24,25)26)29-19(27)10-14-6-8-17(9-7-14)32(2,30)31/h3-9,11-12H,10H2,1-2H3,(H2,27,28,29). The summed E-state index contributed by atoms with van der Waals surface area (Å²) in [6.45, 7) is 1.75. The molecule has 0 saturated carbocycles. The maximum Gasteiger partial charge on any atom is 0.416 e. The van der Waals surface area contributed by atoms with E-state index in [-0.39, 0.29) is 23.0 Å². The van der Waals surface area contributed by atoms with E-state index in [4.69, 9.17) is 5.73 Å². The lowest BCUT2D eigenvalue weighted by atomic mass is 9.99. The molecule has 32 heavy (non-hydrogen) atoms. The van der Waals surface area contributed by atoms with Crippen molar-refractivity contribution in [1.29, 1.82) is 0 Å². The second-order valence-corrected chi connectivity index (χ2v) is 10.1. The number of alkyl halides is 3. The molecular formula is C22H19BrF3N3O2S. The number of aromatic nitrogens is 1. The molecule has 0 saturated heterocycles. The fourth-order valence-electron chi connectivity index (χ4n) is 3.09. The van der Waals surface area contributed by atoms with E-state index >= 15 is 0 Å². The zero-order valence-corrected chi connectivity index (χ0v) is 19.5. The van der Waals surface area contributed by atoms with Crippen molar-refractivity contribution in [1.82, 2.24) is 4.98 Å². The van der Waals surface area contributed by atoms with E-state index in [1.165, 1.54) is 24.4 Å². The number of nitrogens with zero attached hydrogens (tertiary/aromatic N) is 2.